The van der Waals surface area contributed by atoms with Crippen molar-refractivity contribution in [2.24, 2.45) is 11.7 Å². The number of halogens is 3. The first-order chi connectivity index (χ1) is 18.7. The molecule has 2 saturated heterocycles. The molecule has 39 heavy (non-hydrogen) atoms. The molecule has 10 nitrogen and oxygen atoms in total. The standard InChI is InChI=1S/C26H32F3N7O3/c1-14(2)24-33-26(39-34-24)35-5-4-15(23(12-35)37-3)13-38-16-8-31-25(32-9-16)36-10-18(22(30)11-36)17-6-20(28)21(29)7-19(17)27/h6-9,14-15,18,22-23H,4-5,10-13,30H2,1-3H3/t15-,18+,22-,23-/m0/s1. The zero-order chi connectivity index (χ0) is 27.7. The van der Waals surface area contributed by atoms with Crippen LogP contribution in [0.4, 0.5) is 25.1 Å². The van der Waals surface area contributed by atoms with Gasteiger partial charge >= 0.3 is 6.01 Å². The highest BCUT2D eigenvalue weighted by Crippen LogP contribution is 2.32. The van der Waals surface area contributed by atoms with E-state index in [9.17, 15) is 13.2 Å². The highest BCUT2D eigenvalue weighted by atomic mass is 19.2. The maximum Gasteiger partial charge on any atom is 0.324 e. The van der Waals surface area contributed by atoms with Crippen molar-refractivity contribution in [1.29, 1.82) is 0 Å². The number of methoxy groups -OCH3 is 1. The molecule has 2 aromatic heterocycles. The summed E-state index contributed by atoms with van der Waals surface area (Å²) in [6.45, 7) is 6.41. The van der Waals surface area contributed by atoms with Gasteiger partial charge in [-0.15, -0.1) is 0 Å². The molecule has 0 bridgehead atoms. The van der Waals surface area contributed by atoms with E-state index in [0.717, 1.165) is 19.0 Å². The van der Waals surface area contributed by atoms with Crippen LogP contribution >= 0.6 is 0 Å². The summed E-state index contributed by atoms with van der Waals surface area (Å²) in [5.41, 5.74) is 6.25. The van der Waals surface area contributed by atoms with E-state index >= 15 is 0 Å². The molecule has 2 fully saturated rings. The summed E-state index contributed by atoms with van der Waals surface area (Å²) in [7, 11) is 1.67. The van der Waals surface area contributed by atoms with Crippen LogP contribution in [0.5, 0.6) is 5.75 Å². The number of nitrogens with two attached hydrogens (primary N) is 1. The maximum atomic E-state index is 14.3. The van der Waals surface area contributed by atoms with Gasteiger partial charge in [-0.25, -0.2) is 23.1 Å². The van der Waals surface area contributed by atoms with E-state index in [-0.39, 0.29) is 30.0 Å². The Balaban J connectivity index is 1.16. The first-order valence-corrected chi connectivity index (χ1v) is 12.9. The molecular weight excluding hydrogens is 515 g/mol. The summed E-state index contributed by atoms with van der Waals surface area (Å²) in [6, 6.07) is 1.43. The number of hydrogen-bond donors (Lipinski definition) is 1. The van der Waals surface area contributed by atoms with Gasteiger partial charge in [0.25, 0.3) is 0 Å². The van der Waals surface area contributed by atoms with Crippen LogP contribution in [0.3, 0.4) is 0 Å². The second-order valence-corrected chi connectivity index (χ2v) is 10.4. The lowest BCUT2D eigenvalue weighted by Gasteiger charge is -2.36. The van der Waals surface area contributed by atoms with Crippen molar-refractivity contribution in [1.82, 2.24) is 20.1 Å². The Morgan fingerprint density at radius 1 is 1.05 bits per heavy atom. The zero-order valence-corrected chi connectivity index (χ0v) is 22.1. The zero-order valence-electron chi connectivity index (χ0n) is 22.1. The minimum atomic E-state index is -1.23. The number of nitrogens with zero attached hydrogens (tertiary/aromatic N) is 6. The SMILES string of the molecule is CO[C@H]1CN(c2nc(C(C)C)no2)CC[C@H]1COc1cnc(N2C[C@H](c3cc(F)c(F)cc3F)[C@@H](N)C2)nc1. The third-order valence-electron chi connectivity index (χ3n) is 7.38. The monoisotopic (exact) mass is 547 g/mol. The first kappa shape index (κ1) is 27.1. The number of rotatable bonds is 8. The second-order valence-electron chi connectivity index (χ2n) is 10.4. The smallest absolute Gasteiger partial charge is 0.324 e. The van der Waals surface area contributed by atoms with Crippen LogP contribution < -0.4 is 20.3 Å². The molecule has 3 aromatic rings. The second kappa shape index (κ2) is 11.3. The molecule has 5 rings (SSSR count). The summed E-state index contributed by atoms with van der Waals surface area (Å²) in [5.74, 6) is -1.78. The molecule has 4 atom stereocenters. The summed E-state index contributed by atoms with van der Waals surface area (Å²) >= 11 is 0. The Morgan fingerprint density at radius 3 is 2.49 bits per heavy atom. The summed E-state index contributed by atoms with van der Waals surface area (Å²) < 4.78 is 58.5. The molecule has 2 aliphatic rings. The quantitative estimate of drug-likeness (QED) is 0.422. The fourth-order valence-electron chi connectivity index (χ4n) is 5.08. The Kier molecular flexibility index (Phi) is 7.89. The van der Waals surface area contributed by atoms with E-state index < -0.39 is 29.4 Å². The Morgan fingerprint density at radius 2 is 1.79 bits per heavy atom. The van der Waals surface area contributed by atoms with E-state index in [1.807, 2.05) is 18.7 Å². The topological polar surface area (TPSA) is 116 Å². The number of benzene rings is 1. The molecule has 4 heterocycles. The molecule has 0 aliphatic carbocycles. The average molecular weight is 548 g/mol. The fourth-order valence-corrected chi connectivity index (χ4v) is 5.08. The summed E-state index contributed by atoms with van der Waals surface area (Å²) in [6.07, 6.45) is 3.86. The van der Waals surface area contributed by atoms with Gasteiger partial charge in [0.05, 0.1) is 25.1 Å². The number of piperidine rings is 1. The van der Waals surface area contributed by atoms with Crippen molar-refractivity contribution in [3.8, 4) is 5.75 Å². The summed E-state index contributed by atoms with van der Waals surface area (Å²) in [5, 5.41) is 4.04. The highest BCUT2D eigenvalue weighted by molar-refractivity contribution is 5.39. The van der Waals surface area contributed by atoms with Gasteiger partial charge in [-0.1, -0.05) is 19.0 Å². The molecule has 0 saturated carbocycles. The Labute approximate surface area is 224 Å². The van der Waals surface area contributed by atoms with E-state index in [1.54, 1.807) is 24.4 Å². The van der Waals surface area contributed by atoms with Crippen LogP contribution in [0.15, 0.2) is 29.0 Å². The van der Waals surface area contributed by atoms with Crippen molar-refractivity contribution in [3.05, 3.63) is 53.4 Å². The van der Waals surface area contributed by atoms with Gasteiger partial charge in [0.1, 0.15) is 5.82 Å². The minimum absolute atomic E-state index is 0.0436. The van der Waals surface area contributed by atoms with Crippen molar-refractivity contribution in [2.45, 2.75) is 44.2 Å². The van der Waals surface area contributed by atoms with E-state index in [1.165, 1.54) is 0 Å². The van der Waals surface area contributed by atoms with Crippen molar-refractivity contribution < 1.29 is 27.2 Å². The fraction of sp³-hybridized carbons (Fsp3) is 0.538. The lowest BCUT2D eigenvalue weighted by atomic mass is 9.94. The normalized spacial score (nSPS) is 23.6. The van der Waals surface area contributed by atoms with Crippen molar-refractivity contribution >= 4 is 12.0 Å². The molecule has 0 unspecified atom stereocenters. The van der Waals surface area contributed by atoms with Gasteiger partial charge in [0, 0.05) is 63.2 Å². The number of hydrogen-bond acceptors (Lipinski definition) is 10. The van der Waals surface area contributed by atoms with Crippen LogP contribution in [0.25, 0.3) is 0 Å². The molecular formula is C26H32F3N7O3. The predicted molar refractivity (Wildman–Crippen MR) is 136 cm³/mol. The van der Waals surface area contributed by atoms with Crippen LogP contribution in [0, 0.1) is 23.4 Å². The third-order valence-corrected chi connectivity index (χ3v) is 7.38. The van der Waals surface area contributed by atoms with Crippen LogP contribution in [-0.2, 0) is 4.74 Å². The van der Waals surface area contributed by atoms with Gasteiger partial charge in [-0.2, -0.15) is 4.98 Å². The van der Waals surface area contributed by atoms with E-state index in [0.29, 0.717) is 49.3 Å². The average Bonchev–Trinajstić information content (AvgIpc) is 3.57. The number of aromatic nitrogens is 4. The largest absolute Gasteiger partial charge is 0.490 e. The molecule has 1 aromatic carbocycles. The van der Waals surface area contributed by atoms with Crippen molar-refractivity contribution in [2.75, 3.05) is 49.7 Å². The maximum absolute atomic E-state index is 14.3. The lowest BCUT2D eigenvalue weighted by Crippen LogP contribution is -2.47. The first-order valence-electron chi connectivity index (χ1n) is 12.9. The molecule has 0 amide bonds. The molecule has 0 radical (unpaired) electrons. The van der Waals surface area contributed by atoms with Gasteiger partial charge < -0.3 is 29.5 Å². The minimum Gasteiger partial charge on any atom is -0.490 e. The lowest BCUT2D eigenvalue weighted by molar-refractivity contribution is 0.0206. The van der Waals surface area contributed by atoms with Crippen LogP contribution in [0.1, 0.15) is 43.5 Å². The summed E-state index contributed by atoms with van der Waals surface area (Å²) in [4.78, 5) is 17.1. The van der Waals surface area contributed by atoms with Gasteiger partial charge in [0.15, 0.2) is 23.2 Å². The molecule has 0 spiro atoms. The Bertz CT molecular complexity index is 1280. The molecule has 13 heteroatoms. The van der Waals surface area contributed by atoms with E-state index in [2.05, 4.69) is 20.1 Å². The van der Waals surface area contributed by atoms with Gasteiger partial charge in [-0.3, -0.25) is 0 Å². The third kappa shape index (κ3) is 5.78. The van der Waals surface area contributed by atoms with Crippen molar-refractivity contribution in [3.63, 3.8) is 0 Å². The molecule has 2 aliphatic heterocycles. The van der Waals surface area contributed by atoms with Gasteiger partial charge in [-0.05, 0) is 18.1 Å². The van der Waals surface area contributed by atoms with E-state index in [4.69, 9.17) is 19.7 Å². The van der Waals surface area contributed by atoms with Gasteiger partial charge in [0.2, 0.25) is 5.95 Å². The number of ether oxygens (including phenoxy) is 2. The predicted octanol–water partition coefficient (Wildman–Crippen LogP) is 3.25. The van der Waals surface area contributed by atoms with Crippen LogP contribution in [0.2, 0.25) is 0 Å². The molecule has 2 N–H and O–H groups in total. The highest BCUT2D eigenvalue weighted by Gasteiger charge is 2.35. The number of anilines is 2. The molecule has 210 valence electrons. The Hall–Kier alpha value is -3.45. The van der Waals surface area contributed by atoms with Crippen LogP contribution in [-0.4, -0.2) is 72.2 Å².